The number of carbonyl (C=O) groups excluding carboxylic acids is 1. The van der Waals surface area contributed by atoms with Crippen molar-refractivity contribution in [2.24, 2.45) is 5.92 Å². The highest BCUT2D eigenvalue weighted by atomic mass is 35.5. The number of hydrogen-bond acceptors (Lipinski definition) is 2. The van der Waals surface area contributed by atoms with Gasteiger partial charge in [-0.15, -0.1) is 0 Å². The van der Waals surface area contributed by atoms with E-state index < -0.39 is 10.4 Å². The first-order chi connectivity index (χ1) is 11.9. The van der Waals surface area contributed by atoms with Gasteiger partial charge in [0.15, 0.2) is 5.78 Å². The van der Waals surface area contributed by atoms with Crippen LogP contribution >= 0.6 is 23.2 Å². The Morgan fingerprint density at radius 3 is 1.73 bits per heavy atom. The summed E-state index contributed by atoms with van der Waals surface area (Å²) >= 11 is 12.4. The van der Waals surface area contributed by atoms with E-state index in [0.717, 1.165) is 0 Å². The molecule has 3 atom stereocenters. The third-order valence-electron chi connectivity index (χ3n) is 5.49. The lowest BCUT2D eigenvalue weighted by molar-refractivity contribution is -0.151. The molecule has 1 aromatic carbocycles. The normalized spacial score (nSPS) is 23.7. The predicted molar refractivity (Wildman–Crippen MR) is 111 cm³/mol. The summed E-state index contributed by atoms with van der Waals surface area (Å²) in [5.41, 5.74) is 5.18. The van der Waals surface area contributed by atoms with Crippen molar-refractivity contribution in [1.29, 1.82) is 0 Å². The van der Waals surface area contributed by atoms with Gasteiger partial charge >= 0.3 is 0 Å². The summed E-state index contributed by atoms with van der Waals surface area (Å²) in [6.07, 6.45) is -0.651. The zero-order valence-corrected chi connectivity index (χ0v) is 18.7. The minimum absolute atomic E-state index is 0.152. The molecule has 0 unspecified atom stereocenters. The Labute approximate surface area is 168 Å². The van der Waals surface area contributed by atoms with Crippen molar-refractivity contribution in [2.45, 2.75) is 89.7 Å². The van der Waals surface area contributed by atoms with Gasteiger partial charge in [-0.2, -0.15) is 0 Å². The maximum atomic E-state index is 11.9. The maximum absolute atomic E-state index is 11.9. The van der Waals surface area contributed by atoms with E-state index in [-0.39, 0.29) is 17.8 Å². The highest BCUT2D eigenvalue weighted by Gasteiger charge is 2.60. The molecule has 0 heterocycles. The van der Waals surface area contributed by atoms with E-state index in [1.165, 1.54) is 22.3 Å². The Balaban J connectivity index is 2.48. The topological polar surface area (TPSA) is 26.3 Å². The van der Waals surface area contributed by atoms with E-state index in [2.05, 4.69) is 53.7 Å². The van der Waals surface area contributed by atoms with E-state index in [1.54, 1.807) is 0 Å². The Morgan fingerprint density at radius 1 is 0.923 bits per heavy atom. The summed E-state index contributed by atoms with van der Waals surface area (Å²) < 4.78 is 4.84. The Kier molecular flexibility index (Phi) is 6.53. The lowest BCUT2D eigenvalue weighted by Crippen LogP contribution is -2.60. The molecule has 1 aliphatic carbocycles. The standard InChI is InChI=1S/C22H32Cl2O2/c1-11(2)16-9-17(12(3)4)19(18(10-16)13(5)6)15(8)26-21-14(7)20(25)22(21,23)24/h9-15,21H,1-8H3/t14-,15-,21-/m0/s1. The van der Waals surface area contributed by atoms with Crippen LogP contribution in [-0.2, 0) is 9.53 Å². The van der Waals surface area contributed by atoms with Crippen molar-refractivity contribution >= 4 is 29.0 Å². The van der Waals surface area contributed by atoms with Gasteiger partial charge in [0.25, 0.3) is 0 Å². The summed E-state index contributed by atoms with van der Waals surface area (Å²) in [6, 6.07) is 4.61. The zero-order chi connectivity index (χ0) is 20.0. The zero-order valence-electron chi connectivity index (χ0n) is 17.2. The van der Waals surface area contributed by atoms with Crippen LogP contribution in [0, 0.1) is 5.92 Å². The largest absolute Gasteiger partial charge is 0.366 e. The molecule has 0 radical (unpaired) electrons. The molecule has 0 saturated heterocycles. The van der Waals surface area contributed by atoms with Crippen molar-refractivity contribution in [1.82, 2.24) is 0 Å². The van der Waals surface area contributed by atoms with E-state index in [4.69, 9.17) is 27.9 Å². The molecule has 4 heteroatoms. The van der Waals surface area contributed by atoms with Crippen molar-refractivity contribution in [3.63, 3.8) is 0 Å². The van der Waals surface area contributed by atoms with Gasteiger partial charge in [0.2, 0.25) is 4.33 Å². The average Bonchev–Trinajstić information content (AvgIpc) is 2.56. The number of benzene rings is 1. The summed E-state index contributed by atoms with van der Waals surface area (Å²) in [4.78, 5) is 11.9. The number of rotatable bonds is 6. The number of carbonyl (C=O) groups is 1. The molecule has 1 fully saturated rings. The van der Waals surface area contributed by atoms with Gasteiger partial charge in [-0.25, -0.2) is 0 Å². The van der Waals surface area contributed by atoms with Crippen molar-refractivity contribution in [3.8, 4) is 0 Å². The van der Waals surface area contributed by atoms with E-state index in [9.17, 15) is 4.79 Å². The second-order valence-corrected chi connectivity index (χ2v) is 9.94. The van der Waals surface area contributed by atoms with E-state index in [1.807, 2.05) is 13.8 Å². The van der Waals surface area contributed by atoms with Gasteiger partial charge in [-0.05, 0) is 46.9 Å². The molecule has 1 aliphatic rings. The van der Waals surface area contributed by atoms with Gasteiger partial charge in [0.05, 0.1) is 6.10 Å². The number of ether oxygens (including phenoxy) is 1. The average molecular weight is 399 g/mol. The molecule has 1 aromatic rings. The van der Waals surface area contributed by atoms with Crippen LogP contribution in [0.2, 0.25) is 0 Å². The number of ketones is 1. The van der Waals surface area contributed by atoms with Crippen LogP contribution in [0.4, 0.5) is 0 Å². The molecular weight excluding hydrogens is 367 g/mol. The molecule has 146 valence electrons. The van der Waals surface area contributed by atoms with Gasteiger partial charge in [0, 0.05) is 5.92 Å². The number of alkyl halides is 2. The highest BCUT2D eigenvalue weighted by Crippen LogP contribution is 2.48. The Hall–Kier alpha value is -0.570. The molecule has 26 heavy (non-hydrogen) atoms. The number of Topliss-reactive ketones (excluding diaryl/α,β-unsaturated/α-hetero) is 1. The fourth-order valence-electron chi connectivity index (χ4n) is 3.77. The number of hydrogen-bond donors (Lipinski definition) is 0. The van der Waals surface area contributed by atoms with Gasteiger partial charge in [-0.3, -0.25) is 4.79 Å². The van der Waals surface area contributed by atoms with Gasteiger partial charge in [-0.1, -0.05) is 83.8 Å². The van der Waals surface area contributed by atoms with Crippen LogP contribution in [0.15, 0.2) is 12.1 Å². The lowest BCUT2D eigenvalue weighted by atomic mass is 9.79. The molecule has 0 spiro atoms. The van der Waals surface area contributed by atoms with E-state index in [0.29, 0.717) is 17.8 Å². The van der Waals surface area contributed by atoms with Crippen LogP contribution in [0.5, 0.6) is 0 Å². The summed E-state index contributed by atoms with van der Waals surface area (Å²) in [7, 11) is 0. The third kappa shape index (κ3) is 3.84. The summed E-state index contributed by atoms with van der Waals surface area (Å²) in [6.45, 7) is 17.2. The second-order valence-electron chi connectivity index (χ2n) is 8.55. The Bertz CT molecular complexity index is 648. The molecule has 2 nitrogen and oxygen atoms in total. The maximum Gasteiger partial charge on any atom is 0.202 e. The minimum Gasteiger partial charge on any atom is -0.366 e. The van der Waals surface area contributed by atoms with Crippen molar-refractivity contribution in [3.05, 3.63) is 34.4 Å². The van der Waals surface area contributed by atoms with Crippen LogP contribution in [0.1, 0.15) is 102 Å². The SMILES string of the molecule is CC(C)c1cc(C(C)C)c([C@H](C)O[C@H]2[C@@H](C)C(=O)C2(Cl)Cl)c(C(C)C)c1. The minimum atomic E-state index is -1.43. The monoisotopic (exact) mass is 398 g/mol. The summed E-state index contributed by atoms with van der Waals surface area (Å²) in [5.74, 6) is 0.806. The molecule has 0 bridgehead atoms. The van der Waals surface area contributed by atoms with Gasteiger partial charge < -0.3 is 4.74 Å². The first-order valence-corrected chi connectivity index (χ1v) is 10.4. The molecule has 0 aliphatic heterocycles. The van der Waals surface area contributed by atoms with E-state index >= 15 is 0 Å². The molecule has 0 amide bonds. The Morgan fingerprint density at radius 2 is 1.38 bits per heavy atom. The quantitative estimate of drug-likeness (QED) is 0.487. The highest BCUT2D eigenvalue weighted by molar-refractivity contribution is 6.61. The number of halogens is 2. The van der Waals surface area contributed by atoms with Crippen LogP contribution in [-0.4, -0.2) is 16.2 Å². The molecule has 0 N–H and O–H groups in total. The third-order valence-corrected chi connectivity index (χ3v) is 6.29. The van der Waals surface area contributed by atoms with Gasteiger partial charge in [0.1, 0.15) is 6.10 Å². The smallest absolute Gasteiger partial charge is 0.202 e. The summed E-state index contributed by atoms with van der Waals surface area (Å²) in [5, 5.41) is 0. The molecular formula is C22H32Cl2O2. The molecule has 0 aromatic heterocycles. The van der Waals surface area contributed by atoms with Crippen molar-refractivity contribution in [2.75, 3.05) is 0 Å². The van der Waals surface area contributed by atoms with Crippen LogP contribution < -0.4 is 0 Å². The molecule has 1 saturated carbocycles. The molecule has 2 rings (SSSR count). The fraction of sp³-hybridized carbons (Fsp3) is 0.682. The fourth-order valence-corrected chi connectivity index (χ4v) is 4.60. The predicted octanol–water partition coefficient (Wildman–Crippen LogP) is 6.90. The van der Waals surface area contributed by atoms with Crippen molar-refractivity contribution < 1.29 is 9.53 Å². The second kappa shape index (κ2) is 7.81. The first kappa shape index (κ1) is 21.7. The van der Waals surface area contributed by atoms with Crippen LogP contribution in [0.25, 0.3) is 0 Å². The van der Waals surface area contributed by atoms with Crippen LogP contribution in [0.3, 0.4) is 0 Å². The first-order valence-electron chi connectivity index (χ1n) is 9.64. The lowest BCUT2D eigenvalue weighted by Gasteiger charge is -2.45.